The van der Waals surface area contributed by atoms with Gasteiger partial charge in [-0.3, -0.25) is 0 Å². The number of phosphoric acid groups is 1. The maximum Gasteiger partial charge on any atom is 3.00 e. The second kappa shape index (κ2) is 6.96. The Morgan fingerprint density at radius 3 is 1.30 bits per heavy atom. The van der Waals surface area contributed by atoms with Crippen LogP contribution in [0.15, 0.2) is 0 Å². The minimum absolute atomic E-state index is 0. The maximum atomic E-state index is 8.66. The van der Waals surface area contributed by atoms with Gasteiger partial charge in [-0.1, -0.05) is 0 Å². The van der Waals surface area contributed by atoms with Crippen molar-refractivity contribution < 1.29 is 24.3 Å². The molecule has 8 nitrogen and oxygen atoms in total. The van der Waals surface area contributed by atoms with Gasteiger partial charge in [-0.15, -0.1) is 0 Å². The fourth-order valence-corrected chi connectivity index (χ4v) is 0. The van der Waals surface area contributed by atoms with E-state index >= 15 is 0 Å². The van der Waals surface area contributed by atoms with Crippen molar-refractivity contribution in [1.29, 1.82) is 0 Å². The van der Waals surface area contributed by atoms with E-state index in [1.165, 1.54) is 0 Å². The summed E-state index contributed by atoms with van der Waals surface area (Å²) in [6, 6.07) is 0. The Bertz CT molecular complexity index is 113. The van der Waals surface area contributed by atoms with Crippen LogP contribution in [-0.4, -0.2) is 27.3 Å². The molecule has 0 fully saturated rings. The molecule has 10 heavy (non-hydrogen) atoms. The average Bonchev–Trinajstić information content (AvgIpc) is 1.19. The van der Waals surface area contributed by atoms with E-state index in [0.717, 1.165) is 0 Å². The van der Waals surface area contributed by atoms with E-state index in [-0.39, 0.29) is 17.4 Å². The van der Waals surface area contributed by atoms with Gasteiger partial charge in [0, 0.05) is 0 Å². The molecule has 0 aliphatic carbocycles. The van der Waals surface area contributed by atoms with Gasteiger partial charge in [0.15, 0.2) is 0 Å². The van der Waals surface area contributed by atoms with Crippen molar-refractivity contribution in [1.82, 2.24) is 0 Å². The Hall–Kier alpha value is -0.158. The van der Waals surface area contributed by atoms with Crippen LogP contribution in [-0.2, 0) is 4.57 Å². The number of hydrogen-bond acceptors (Lipinski definition) is 6. The summed E-state index contributed by atoms with van der Waals surface area (Å²) in [5, 5.41) is 14.8. The third kappa shape index (κ3) is 14800. The van der Waals surface area contributed by atoms with Crippen molar-refractivity contribution >= 4 is 25.2 Å². The van der Waals surface area contributed by atoms with Crippen LogP contribution in [0.2, 0.25) is 0 Å². The smallest absolute Gasteiger partial charge is 0.790 e. The molecule has 0 radical (unpaired) electrons. The Morgan fingerprint density at radius 2 is 1.30 bits per heavy atom. The first-order valence-corrected chi connectivity index (χ1v) is 2.79. The quantitative estimate of drug-likeness (QED) is 0.185. The van der Waals surface area contributed by atoms with E-state index in [2.05, 4.69) is 0 Å². The zero-order valence-electron chi connectivity index (χ0n) is 4.37. The van der Waals surface area contributed by atoms with Gasteiger partial charge in [-0.2, -0.15) is 0 Å². The first-order chi connectivity index (χ1) is 3.73. The van der Waals surface area contributed by atoms with Crippen LogP contribution in [0.5, 0.6) is 0 Å². The Balaban J connectivity index is -0.0000000910. The summed E-state index contributed by atoms with van der Waals surface area (Å²) in [5.41, 5.74) is 0. The number of hydrogen-bond donors (Lipinski definition) is 1. The zero-order valence-corrected chi connectivity index (χ0v) is 6.42. The molecular formula is HAlNO7P. The van der Waals surface area contributed by atoms with Gasteiger partial charge in [0.2, 0.25) is 0 Å². The minimum Gasteiger partial charge on any atom is -0.790 e. The van der Waals surface area contributed by atoms with E-state index in [0.29, 0.717) is 0 Å². The molecule has 0 spiro atoms. The molecule has 0 bridgehead atoms. The fourth-order valence-electron chi connectivity index (χ4n) is 0. The zero-order chi connectivity index (χ0) is 8.08. The molecule has 0 amide bonds. The van der Waals surface area contributed by atoms with Crippen LogP contribution in [0.1, 0.15) is 0 Å². The van der Waals surface area contributed by atoms with Crippen LogP contribution in [0.3, 0.4) is 0 Å². The summed E-state index contributed by atoms with van der Waals surface area (Å²) in [6.45, 7) is 0. The molecular weight excluding hydrogens is 184 g/mol. The van der Waals surface area contributed by atoms with Crippen LogP contribution < -0.4 is 9.79 Å². The summed E-state index contributed by atoms with van der Waals surface area (Å²) < 4.78 is 8.66. The van der Waals surface area contributed by atoms with Crippen LogP contribution in [0.25, 0.3) is 0 Å². The van der Waals surface area contributed by atoms with Gasteiger partial charge in [0.25, 0.3) is 0 Å². The van der Waals surface area contributed by atoms with E-state index in [1.807, 2.05) is 0 Å². The van der Waals surface area contributed by atoms with Crippen molar-refractivity contribution in [2.75, 3.05) is 0 Å². The van der Waals surface area contributed by atoms with E-state index in [1.54, 1.807) is 0 Å². The van der Waals surface area contributed by atoms with Crippen molar-refractivity contribution in [3.8, 4) is 0 Å². The molecule has 0 aromatic carbocycles. The molecule has 1 N–H and O–H groups in total. The Morgan fingerprint density at radius 1 is 1.30 bits per heavy atom. The van der Waals surface area contributed by atoms with Crippen molar-refractivity contribution in [2.45, 2.75) is 0 Å². The van der Waals surface area contributed by atoms with Gasteiger partial charge in [-0.05, 0) is 0 Å². The standard InChI is InChI=1S/Al.NO3.H3O4P/c;2-1(3)4;1-5(2,3)4/h;;(H3,1,2,3,4)/q+3;-1;/p-2. The summed E-state index contributed by atoms with van der Waals surface area (Å²) in [7, 11) is -5.14. The van der Waals surface area contributed by atoms with Crippen LogP contribution in [0, 0.1) is 15.3 Å². The normalized spacial score (nSPS) is 8.30. The summed E-state index contributed by atoms with van der Waals surface area (Å²) in [4.78, 5) is 32.5. The Labute approximate surface area is 65.6 Å². The van der Waals surface area contributed by atoms with E-state index < -0.39 is 12.9 Å². The van der Waals surface area contributed by atoms with Crippen molar-refractivity contribution in [3.05, 3.63) is 15.3 Å². The first kappa shape index (κ1) is 16.4. The fraction of sp³-hybridized carbons (Fsp3) is 0. The number of rotatable bonds is 0. The molecule has 0 aliphatic rings. The third-order valence-corrected chi connectivity index (χ3v) is 0. The summed E-state index contributed by atoms with van der Waals surface area (Å²) in [5.74, 6) is 0. The molecule has 0 aromatic rings. The van der Waals surface area contributed by atoms with E-state index in [9.17, 15) is 0 Å². The van der Waals surface area contributed by atoms with Gasteiger partial charge in [0.05, 0.1) is 12.9 Å². The van der Waals surface area contributed by atoms with Crippen LogP contribution in [0.4, 0.5) is 0 Å². The predicted molar refractivity (Wildman–Crippen MR) is 25.9 cm³/mol. The molecule has 0 atom stereocenters. The SMILES string of the molecule is O=P([O-])([O-])O.O=[N+]([O-])[O-].[Al+3]. The van der Waals surface area contributed by atoms with Crippen molar-refractivity contribution in [2.24, 2.45) is 0 Å². The van der Waals surface area contributed by atoms with E-state index in [4.69, 9.17) is 34.6 Å². The Kier molecular flexibility index (Phi) is 11.4. The maximum absolute atomic E-state index is 8.66. The topological polar surface area (TPSA) is 150 Å². The second-order valence-electron chi connectivity index (χ2n) is 0.692. The van der Waals surface area contributed by atoms with Gasteiger partial charge in [-0.25, -0.2) is 0 Å². The summed E-state index contributed by atoms with van der Waals surface area (Å²) in [6.07, 6.45) is 0. The molecule has 0 saturated carbocycles. The predicted octanol–water partition coefficient (Wildman–Crippen LogP) is -2.81. The molecule has 56 valence electrons. The first-order valence-electron chi connectivity index (χ1n) is 1.30. The van der Waals surface area contributed by atoms with Gasteiger partial charge < -0.3 is 34.6 Å². The van der Waals surface area contributed by atoms with Gasteiger partial charge >= 0.3 is 17.4 Å². The third-order valence-electron chi connectivity index (χ3n) is 0. The monoisotopic (exact) mass is 185 g/mol. The summed E-state index contributed by atoms with van der Waals surface area (Å²) >= 11 is 0. The average molecular weight is 185 g/mol. The second-order valence-corrected chi connectivity index (χ2v) is 1.63. The molecule has 0 saturated heterocycles. The van der Waals surface area contributed by atoms with Gasteiger partial charge in [0.1, 0.15) is 0 Å². The molecule has 0 rings (SSSR count). The molecule has 0 unspecified atom stereocenters. The molecule has 0 aromatic heterocycles. The molecule has 10 heteroatoms. The van der Waals surface area contributed by atoms with Crippen LogP contribution >= 0.6 is 7.82 Å². The molecule has 0 aliphatic heterocycles. The largest absolute Gasteiger partial charge is 3.00 e. The minimum atomic E-state index is -5.14. The molecule has 0 heterocycles. The van der Waals surface area contributed by atoms with Crippen molar-refractivity contribution in [3.63, 3.8) is 0 Å². The number of nitrogens with zero attached hydrogens (tertiary/aromatic N) is 1.